The molecule has 5 rings (SSSR count). The summed E-state index contributed by atoms with van der Waals surface area (Å²) in [5.74, 6) is 2.11. The molecule has 25 heavy (non-hydrogen) atoms. The zero-order valence-corrected chi connectivity index (χ0v) is 14.6. The second-order valence-electron chi connectivity index (χ2n) is 6.44. The molecule has 0 aliphatic carbocycles. The molecular formula is C18H20N6S. The van der Waals surface area contributed by atoms with Gasteiger partial charge in [0.05, 0.1) is 23.6 Å². The van der Waals surface area contributed by atoms with Crippen molar-refractivity contribution in [2.45, 2.75) is 18.9 Å². The fourth-order valence-electron chi connectivity index (χ4n) is 3.59. The number of pyridine rings is 1. The summed E-state index contributed by atoms with van der Waals surface area (Å²) >= 11 is 1.88. The average Bonchev–Trinajstić information content (AvgIpc) is 3.41. The Morgan fingerprint density at radius 3 is 3.16 bits per heavy atom. The molecule has 0 aromatic carbocycles. The van der Waals surface area contributed by atoms with Crippen molar-refractivity contribution in [3.8, 4) is 0 Å². The van der Waals surface area contributed by atoms with E-state index in [-0.39, 0.29) is 0 Å². The van der Waals surface area contributed by atoms with E-state index < -0.39 is 0 Å². The summed E-state index contributed by atoms with van der Waals surface area (Å²) < 4.78 is 0. The molecule has 2 aliphatic rings. The van der Waals surface area contributed by atoms with Crippen LogP contribution in [0.15, 0.2) is 36.9 Å². The average molecular weight is 352 g/mol. The molecule has 5 heterocycles. The molecule has 1 saturated heterocycles. The lowest BCUT2D eigenvalue weighted by molar-refractivity contribution is 0.612. The van der Waals surface area contributed by atoms with Crippen LogP contribution in [-0.4, -0.2) is 38.8 Å². The first-order chi connectivity index (χ1) is 12.4. The third-order valence-electron chi connectivity index (χ3n) is 4.86. The Bertz CT molecular complexity index is 920. The van der Waals surface area contributed by atoms with E-state index in [0.717, 1.165) is 47.8 Å². The number of nitrogens with zero attached hydrogens (tertiary/aromatic N) is 3. The number of thioether (sulfide) groups is 1. The minimum absolute atomic E-state index is 0.374. The molecule has 0 bridgehead atoms. The number of hydrogen-bond donors (Lipinski definition) is 3. The first-order valence-electron chi connectivity index (χ1n) is 8.70. The van der Waals surface area contributed by atoms with Crippen molar-refractivity contribution in [1.82, 2.24) is 25.3 Å². The lowest BCUT2D eigenvalue weighted by Crippen LogP contribution is -2.23. The minimum atomic E-state index is 0.374. The predicted octanol–water partition coefficient (Wildman–Crippen LogP) is 3.26. The zero-order valence-electron chi connectivity index (χ0n) is 13.8. The maximum Gasteiger partial charge on any atom is 0.139 e. The van der Waals surface area contributed by atoms with Crippen LogP contribution < -0.4 is 10.2 Å². The van der Waals surface area contributed by atoms with E-state index in [4.69, 9.17) is 0 Å². The van der Waals surface area contributed by atoms with Crippen molar-refractivity contribution in [1.29, 1.82) is 0 Å². The number of fused-ring (bicyclic) bond motifs is 1. The van der Waals surface area contributed by atoms with Crippen LogP contribution in [0, 0.1) is 0 Å². The monoisotopic (exact) mass is 352 g/mol. The standard InChI is InChI=1S/C18H20N6S/c1-2-13(19-5-1)18-22-10-14(23-18)16-11-24(8-9-25-16)15-4-7-21-17-12(15)3-6-20-17/h3-4,6-7,10-11,13,19H,1-2,5,8-9H2,(H,20,21)(H,22,23)/t13-/m1/s1. The van der Waals surface area contributed by atoms with E-state index in [1.54, 1.807) is 0 Å². The van der Waals surface area contributed by atoms with E-state index in [2.05, 4.69) is 48.5 Å². The summed E-state index contributed by atoms with van der Waals surface area (Å²) in [7, 11) is 0. The normalized spacial score (nSPS) is 21.0. The van der Waals surface area contributed by atoms with Gasteiger partial charge >= 0.3 is 0 Å². The van der Waals surface area contributed by atoms with Gasteiger partial charge in [0, 0.05) is 41.2 Å². The van der Waals surface area contributed by atoms with Crippen LogP contribution in [0.5, 0.6) is 0 Å². The SMILES string of the molecule is C1=C(c2cnc([C@H]3CCCN3)[nH]2)SCCN1c1ccnc2[nH]ccc12. The van der Waals surface area contributed by atoms with Crippen molar-refractivity contribution in [2.75, 3.05) is 23.7 Å². The molecule has 6 nitrogen and oxygen atoms in total. The molecular weight excluding hydrogens is 332 g/mol. The summed E-state index contributed by atoms with van der Waals surface area (Å²) in [6, 6.07) is 4.55. The molecule has 128 valence electrons. The van der Waals surface area contributed by atoms with Crippen LogP contribution in [0.25, 0.3) is 15.9 Å². The summed E-state index contributed by atoms with van der Waals surface area (Å²) in [5.41, 5.74) is 3.24. The van der Waals surface area contributed by atoms with Crippen molar-refractivity contribution in [3.05, 3.63) is 48.4 Å². The summed E-state index contributed by atoms with van der Waals surface area (Å²) in [4.78, 5) is 19.3. The van der Waals surface area contributed by atoms with Crippen molar-refractivity contribution >= 4 is 33.4 Å². The Morgan fingerprint density at radius 2 is 2.24 bits per heavy atom. The molecule has 3 N–H and O–H groups in total. The zero-order chi connectivity index (χ0) is 16.6. The van der Waals surface area contributed by atoms with Gasteiger partial charge in [-0.3, -0.25) is 0 Å². The molecule has 0 unspecified atom stereocenters. The quantitative estimate of drug-likeness (QED) is 0.675. The van der Waals surface area contributed by atoms with Gasteiger partial charge in [-0.25, -0.2) is 9.97 Å². The highest BCUT2D eigenvalue weighted by atomic mass is 32.2. The second kappa shape index (κ2) is 6.24. The number of aromatic nitrogens is 4. The molecule has 3 aromatic heterocycles. The summed E-state index contributed by atoms with van der Waals surface area (Å²) in [6.07, 6.45) is 10.4. The van der Waals surface area contributed by atoms with Crippen molar-refractivity contribution < 1.29 is 0 Å². The van der Waals surface area contributed by atoms with E-state index in [1.165, 1.54) is 17.0 Å². The highest BCUT2D eigenvalue weighted by Gasteiger charge is 2.21. The Balaban J connectivity index is 1.47. The molecule has 0 radical (unpaired) electrons. The number of nitrogens with one attached hydrogen (secondary N) is 3. The first-order valence-corrected chi connectivity index (χ1v) is 9.69. The molecule has 1 atom stereocenters. The van der Waals surface area contributed by atoms with E-state index in [9.17, 15) is 0 Å². The fourth-order valence-corrected chi connectivity index (χ4v) is 4.56. The largest absolute Gasteiger partial charge is 0.346 e. The smallest absolute Gasteiger partial charge is 0.139 e. The van der Waals surface area contributed by atoms with Crippen LogP contribution in [-0.2, 0) is 0 Å². The van der Waals surface area contributed by atoms with Crippen LogP contribution in [0.2, 0.25) is 0 Å². The van der Waals surface area contributed by atoms with E-state index in [0.29, 0.717) is 6.04 Å². The van der Waals surface area contributed by atoms with E-state index in [1.807, 2.05) is 30.4 Å². The molecule has 0 spiro atoms. The third-order valence-corrected chi connectivity index (χ3v) is 5.88. The van der Waals surface area contributed by atoms with E-state index >= 15 is 0 Å². The number of rotatable bonds is 3. The maximum absolute atomic E-state index is 4.61. The topological polar surface area (TPSA) is 72.6 Å². The van der Waals surface area contributed by atoms with Crippen LogP contribution in [0.1, 0.15) is 30.4 Å². The van der Waals surface area contributed by atoms with Gasteiger partial charge in [0.2, 0.25) is 0 Å². The number of anilines is 1. The fraction of sp³-hybridized carbons (Fsp3) is 0.333. The van der Waals surface area contributed by atoms with Gasteiger partial charge in [-0.1, -0.05) is 0 Å². The maximum atomic E-state index is 4.61. The molecule has 2 aliphatic heterocycles. The van der Waals surface area contributed by atoms with Crippen LogP contribution in [0.3, 0.4) is 0 Å². The lowest BCUT2D eigenvalue weighted by atomic mass is 10.2. The molecule has 0 saturated carbocycles. The number of aromatic amines is 2. The first kappa shape index (κ1) is 15.0. The third kappa shape index (κ3) is 2.73. The summed E-state index contributed by atoms with van der Waals surface area (Å²) in [6.45, 7) is 2.07. The van der Waals surface area contributed by atoms with Gasteiger partial charge in [-0.2, -0.15) is 0 Å². The molecule has 3 aromatic rings. The molecule has 7 heteroatoms. The van der Waals surface area contributed by atoms with Crippen molar-refractivity contribution in [3.63, 3.8) is 0 Å². The highest BCUT2D eigenvalue weighted by Crippen LogP contribution is 2.35. The van der Waals surface area contributed by atoms with Crippen LogP contribution >= 0.6 is 11.8 Å². The highest BCUT2D eigenvalue weighted by molar-refractivity contribution is 8.08. The van der Waals surface area contributed by atoms with Crippen molar-refractivity contribution in [2.24, 2.45) is 0 Å². The summed E-state index contributed by atoms with van der Waals surface area (Å²) in [5, 5.41) is 4.66. The van der Waals surface area contributed by atoms with Crippen LogP contribution in [0.4, 0.5) is 5.69 Å². The Labute approximate surface area is 150 Å². The van der Waals surface area contributed by atoms with Gasteiger partial charge in [0.25, 0.3) is 0 Å². The number of imidazole rings is 1. The Morgan fingerprint density at radius 1 is 1.24 bits per heavy atom. The number of hydrogen-bond acceptors (Lipinski definition) is 5. The number of H-pyrrole nitrogens is 2. The lowest BCUT2D eigenvalue weighted by Gasteiger charge is -2.26. The van der Waals surface area contributed by atoms with Gasteiger partial charge in [-0.05, 0) is 31.5 Å². The van der Waals surface area contributed by atoms with Gasteiger partial charge in [-0.15, -0.1) is 11.8 Å². The van der Waals surface area contributed by atoms with Gasteiger partial charge in [0.1, 0.15) is 11.5 Å². The predicted molar refractivity (Wildman–Crippen MR) is 102 cm³/mol. The molecule has 1 fully saturated rings. The Kier molecular flexibility index (Phi) is 3.75. The minimum Gasteiger partial charge on any atom is -0.346 e. The second-order valence-corrected chi connectivity index (χ2v) is 7.57. The van der Waals surface area contributed by atoms with Gasteiger partial charge < -0.3 is 20.2 Å². The molecule has 0 amide bonds. The van der Waals surface area contributed by atoms with Gasteiger partial charge in [0.15, 0.2) is 0 Å². The Hall–Kier alpha value is -2.25.